The Kier molecular flexibility index (Phi) is 11.9. The number of nitrogens with zero attached hydrogens (tertiary/aromatic N) is 1. The van der Waals surface area contributed by atoms with Crippen LogP contribution in [0.3, 0.4) is 0 Å². The van der Waals surface area contributed by atoms with E-state index in [2.05, 4.69) is 32.7 Å². The van der Waals surface area contributed by atoms with Crippen molar-refractivity contribution in [3.05, 3.63) is 5.92 Å². The number of hydrogen-bond acceptors (Lipinski definition) is 1. The summed E-state index contributed by atoms with van der Waals surface area (Å²) in [7, 11) is 2.17. The van der Waals surface area contributed by atoms with E-state index >= 15 is 0 Å². The molecule has 0 saturated carbocycles. The van der Waals surface area contributed by atoms with Crippen LogP contribution >= 0.6 is 0 Å². The van der Waals surface area contributed by atoms with Crippen molar-refractivity contribution in [1.82, 2.24) is 4.90 Å². The van der Waals surface area contributed by atoms with Crippen LogP contribution in [0, 0.1) is 5.92 Å². The predicted molar refractivity (Wildman–Crippen MR) is 47.0 cm³/mol. The van der Waals surface area contributed by atoms with Crippen molar-refractivity contribution in [2.45, 2.75) is 33.6 Å². The molecule has 0 atom stereocenters. The van der Waals surface area contributed by atoms with Gasteiger partial charge in [-0.05, 0) is 33.0 Å². The average Bonchev–Trinajstić information content (AvgIpc) is 2.15. The van der Waals surface area contributed by atoms with Gasteiger partial charge < -0.3 is 10.8 Å². The minimum absolute atomic E-state index is 0. The van der Waals surface area contributed by atoms with E-state index in [1.165, 1.54) is 31.8 Å². The summed E-state index contributed by atoms with van der Waals surface area (Å²) in [6, 6.07) is 0. The average molecular weight is 165 g/mol. The van der Waals surface area contributed by atoms with Gasteiger partial charge >= 0.3 is 29.6 Å². The van der Waals surface area contributed by atoms with Gasteiger partial charge in [0.25, 0.3) is 0 Å². The summed E-state index contributed by atoms with van der Waals surface area (Å²) in [4.78, 5) is 2.36. The van der Waals surface area contributed by atoms with Gasteiger partial charge in [-0.3, -0.25) is 0 Å². The van der Waals surface area contributed by atoms with Crippen LogP contribution in [0.5, 0.6) is 0 Å². The van der Waals surface area contributed by atoms with E-state index in [4.69, 9.17) is 0 Å². The van der Waals surface area contributed by atoms with E-state index in [0.29, 0.717) is 0 Å². The second-order valence-electron chi connectivity index (χ2n) is 3.51. The molecule has 1 heterocycles. The Morgan fingerprint density at radius 2 is 1.27 bits per heavy atom. The van der Waals surface area contributed by atoms with Crippen LogP contribution in [0.25, 0.3) is 0 Å². The van der Waals surface area contributed by atoms with Gasteiger partial charge in [0.15, 0.2) is 0 Å². The molecule has 0 aromatic rings. The second-order valence-corrected chi connectivity index (χ2v) is 3.51. The Balaban J connectivity index is 0. The summed E-state index contributed by atoms with van der Waals surface area (Å²) in [5, 5.41) is 0. The Labute approximate surface area is 93.8 Å². The molecule has 0 spiro atoms. The molecule has 1 saturated heterocycles. The molecule has 2 heteroatoms. The quantitative estimate of drug-likeness (QED) is 0.340. The molecule has 0 aromatic heterocycles. The summed E-state index contributed by atoms with van der Waals surface area (Å²) >= 11 is 0. The fourth-order valence-electron chi connectivity index (χ4n) is 0.875. The third-order valence-electron chi connectivity index (χ3n) is 1.33. The topological polar surface area (TPSA) is 3.24 Å². The van der Waals surface area contributed by atoms with Crippen molar-refractivity contribution < 1.29 is 29.6 Å². The van der Waals surface area contributed by atoms with Crippen LogP contribution in [-0.2, 0) is 0 Å². The maximum Gasteiger partial charge on any atom is 1.00 e. The molecule has 0 radical (unpaired) electrons. The van der Waals surface area contributed by atoms with E-state index in [0.717, 1.165) is 0 Å². The van der Waals surface area contributed by atoms with Gasteiger partial charge in [-0.2, -0.15) is 20.8 Å². The molecule has 0 bridgehead atoms. The fraction of sp³-hybridized carbons (Fsp3) is 0.889. The zero-order valence-electron chi connectivity index (χ0n) is 8.78. The normalized spacial score (nSPS) is 17.2. The van der Waals surface area contributed by atoms with Crippen LogP contribution in [0.2, 0.25) is 0 Å². The van der Waals surface area contributed by atoms with Gasteiger partial charge in [-0.25, -0.2) is 0 Å². The smallest absolute Gasteiger partial charge is 0.323 e. The first-order valence-electron chi connectivity index (χ1n) is 4.08. The van der Waals surface area contributed by atoms with E-state index < -0.39 is 0 Å². The van der Waals surface area contributed by atoms with E-state index in [1.807, 2.05) is 0 Å². The van der Waals surface area contributed by atoms with Gasteiger partial charge in [-0.1, -0.05) is 0 Å². The van der Waals surface area contributed by atoms with Gasteiger partial charge in [0.1, 0.15) is 0 Å². The first-order valence-corrected chi connectivity index (χ1v) is 4.08. The second kappa shape index (κ2) is 9.05. The number of likely N-dealkylation sites (tertiary alicyclic amines) is 1. The van der Waals surface area contributed by atoms with E-state index in [-0.39, 0.29) is 29.6 Å². The molecule has 0 amide bonds. The van der Waals surface area contributed by atoms with Gasteiger partial charge in [-0.15, -0.1) is 0 Å². The van der Waals surface area contributed by atoms with Crippen molar-refractivity contribution in [2.24, 2.45) is 0 Å². The molecule has 1 fully saturated rings. The minimum Gasteiger partial charge on any atom is -0.323 e. The van der Waals surface area contributed by atoms with Crippen molar-refractivity contribution in [2.75, 3.05) is 20.1 Å². The van der Waals surface area contributed by atoms with Crippen LogP contribution in [0.1, 0.15) is 33.6 Å². The van der Waals surface area contributed by atoms with Crippen molar-refractivity contribution >= 4 is 0 Å². The monoisotopic (exact) mass is 165 g/mol. The molecule has 0 aliphatic carbocycles. The summed E-state index contributed by atoms with van der Waals surface area (Å²) in [5.41, 5.74) is 0. The molecular weight excluding hydrogens is 145 g/mol. The zero-order valence-corrected chi connectivity index (χ0v) is 10.8. The number of hydrogen-bond donors (Lipinski definition) is 0. The summed E-state index contributed by atoms with van der Waals surface area (Å²) in [6.07, 6.45) is 2.83. The van der Waals surface area contributed by atoms with Crippen molar-refractivity contribution in [1.29, 1.82) is 0 Å². The molecule has 11 heavy (non-hydrogen) atoms. The third-order valence-corrected chi connectivity index (χ3v) is 1.33. The number of rotatable bonds is 0. The zero-order chi connectivity index (χ0) is 7.98. The van der Waals surface area contributed by atoms with Crippen LogP contribution in [0.15, 0.2) is 0 Å². The molecule has 1 aliphatic rings. The molecular formula is C9H20NNa. The first-order chi connectivity index (χ1) is 4.63. The molecule has 0 aromatic carbocycles. The molecule has 0 unspecified atom stereocenters. The molecule has 62 valence electrons. The van der Waals surface area contributed by atoms with Gasteiger partial charge in [0, 0.05) is 0 Å². The maximum atomic E-state index is 2.36. The molecule has 0 N–H and O–H groups in total. The summed E-state index contributed by atoms with van der Waals surface area (Å²) in [6.45, 7) is 8.89. The van der Waals surface area contributed by atoms with E-state index in [1.54, 1.807) is 0 Å². The standard InChI is InChI=1S/C5H11N.C4H9.Na/c1-6-4-2-3-5-6;1-4(2)3;/h2-5H2,1H3;1-3H3;/q;-1;+1. The van der Waals surface area contributed by atoms with Crippen molar-refractivity contribution in [3.8, 4) is 0 Å². The molecule has 1 rings (SSSR count). The Bertz CT molecular complexity index is 65.2. The third kappa shape index (κ3) is 13.9. The fourth-order valence-corrected chi connectivity index (χ4v) is 0.875. The first kappa shape index (κ1) is 14.5. The van der Waals surface area contributed by atoms with Gasteiger partial charge in [0.05, 0.1) is 0 Å². The largest absolute Gasteiger partial charge is 1.00 e. The Hall–Kier alpha value is 0.960. The summed E-state index contributed by atoms with van der Waals surface area (Å²) in [5.74, 6) is 1.42. The Morgan fingerprint density at radius 1 is 1.00 bits per heavy atom. The maximum absolute atomic E-state index is 2.36. The molecule has 1 nitrogen and oxygen atoms in total. The Morgan fingerprint density at radius 3 is 1.36 bits per heavy atom. The van der Waals surface area contributed by atoms with Crippen molar-refractivity contribution in [3.63, 3.8) is 0 Å². The van der Waals surface area contributed by atoms with Gasteiger partial charge in [0.2, 0.25) is 0 Å². The minimum atomic E-state index is 0. The molecule has 1 aliphatic heterocycles. The van der Waals surface area contributed by atoms with Crippen LogP contribution < -0.4 is 29.6 Å². The van der Waals surface area contributed by atoms with E-state index in [9.17, 15) is 0 Å². The van der Waals surface area contributed by atoms with Crippen LogP contribution in [0.4, 0.5) is 0 Å². The SMILES string of the molecule is CN1CCCC1.C[C-](C)C.[Na+]. The predicted octanol–water partition coefficient (Wildman–Crippen LogP) is -0.663. The van der Waals surface area contributed by atoms with Crippen LogP contribution in [-0.4, -0.2) is 25.0 Å². The summed E-state index contributed by atoms with van der Waals surface area (Å²) < 4.78 is 0.